The second-order valence-corrected chi connectivity index (χ2v) is 5.52. The Morgan fingerprint density at radius 3 is 2.18 bits per heavy atom. The van der Waals surface area contributed by atoms with E-state index < -0.39 is 0 Å². The predicted octanol–water partition coefficient (Wildman–Crippen LogP) is 3.17. The topological polar surface area (TPSA) is 55.6 Å². The first-order valence-corrected chi connectivity index (χ1v) is 8.36. The minimum absolute atomic E-state index is 0.0689. The number of hydrogen-bond acceptors (Lipinski definition) is 3. The third kappa shape index (κ3) is 5.68. The Morgan fingerprint density at radius 2 is 1.73 bits per heavy atom. The maximum Gasteiger partial charge on any atom is 0.223 e. The highest BCUT2D eigenvalue weighted by molar-refractivity contribution is 5.77. The van der Waals surface area contributed by atoms with Crippen LogP contribution in [-0.2, 0) is 4.79 Å². The summed E-state index contributed by atoms with van der Waals surface area (Å²) in [6.45, 7) is 8.95. The first-order chi connectivity index (χ1) is 10.7. The van der Waals surface area contributed by atoms with Crippen molar-refractivity contribution in [2.45, 2.75) is 46.0 Å². The monoisotopic (exact) mass is 306 g/mol. The zero-order valence-corrected chi connectivity index (χ0v) is 14.2. The fourth-order valence-corrected chi connectivity index (χ4v) is 2.58. The molecule has 0 aliphatic carbocycles. The minimum atomic E-state index is 0.0689. The highest BCUT2D eigenvalue weighted by atomic mass is 16.5. The van der Waals surface area contributed by atoms with E-state index in [9.17, 15) is 4.79 Å². The number of benzene rings is 1. The van der Waals surface area contributed by atoms with E-state index in [2.05, 4.69) is 13.8 Å². The molecule has 0 saturated heterocycles. The van der Waals surface area contributed by atoms with E-state index in [0.717, 1.165) is 37.2 Å². The van der Waals surface area contributed by atoms with Crippen molar-refractivity contribution in [1.82, 2.24) is 4.90 Å². The molecule has 1 rings (SSSR count). The third-order valence-electron chi connectivity index (χ3n) is 3.71. The van der Waals surface area contributed by atoms with Gasteiger partial charge in [0.2, 0.25) is 5.91 Å². The molecule has 1 aromatic rings. The van der Waals surface area contributed by atoms with E-state index >= 15 is 0 Å². The molecule has 1 atom stereocenters. The van der Waals surface area contributed by atoms with Gasteiger partial charge in [0.1, 0.15) is 5.75 Å². The van der Waals surface area contributed by atoms with E-state index in [1.807, 2.05) is 36.1 Å². The highest BCUT2D eigenvalue weighted by Crippen LogP contribution is 2.22. The molecule has 22 heavy (non-hydrogen) atoms. The summed E-state index contributed by atoms with van der Waals surface area (Å²) in [5.74, 6) is 1.12. The Kier molecular flexibility index (Phi) is 8.60. The molecule has 4 heteroatoms. The highest BCUT2D eigenvalue weighted by Gasteiger charge is 2.19. The maximum absolute atomic E-state index is 12.5. The second-order valence-electron chi connectivity index (χ2n) is 5.52. The Balaban J connectivity index is 2.72. The molecule has 124 valence electrons. The van der Waals surface area contributed by atoms with Crippen LogP contribution in [0.3, 0.4) is 0 Å². The smallest absolute Gasteiger partial charge is 0.223 e. The first kappa shape index (κ1) is 18.5. The van der Waals surface area contributed by atoms with Crippen molar-refractivity contribution in [1.29, 1.82) is 0 Å². The largest absolute Gasteiger partial charge is 0.494 e. The molecule has 1 aromatic carbocycles. The maximum atomic E-state index is 12.5. The van der Waals surface area contributed by atoms with Gasteiger partial charge < -0.3 is 15.4 Å². The van der Waals surface area contributed by atoms with Crippen molar-refractivity contribution >= 4 is 5.91 Å². The van der Waals surface area contributed by atoms with Crippen molar-refractivity contribution in [3.63, 3.8) is 0 Å². The van der Waals surface area contributed by atoms with Crippen molar-refractivity contribution in [2.24, 2.45) is 5.73 Å². The lowest BCUT2D eigenvalue weighted by Crippen LogP contribution is -2.34. The zero-order chi connectivity index (χ0) is 16.4. The fraction of sp³-hybridized carbons (Fsp3) is 0.611. The Labute approximate surface area is 134 Å². The van der Waals surface area contributed by atoms with Crippen LogP contribution in [0.25, 0.3) is 0 Å². The zero-order valence-electron chi connectivity index (χ0n) is 14.2. The van der Waals surface area contributed by atoms with E-state index in [1.54, 1.807) is 0 Å². The first-order valence-electron chi connectivity index (χ1n) is 8.36. The molecule has 1 amide bonds. The lowest BCUT2D eigenvalue weighted by molar-refractivity contribution is -0.131. The van der Waals surface area contributed by atoms with E-state index in [-0.39, 0.29) is 11.8 Å². The summed E-state index contributed by atoms with van der Waals surface area (Å²) in [6, 6.07) is 7.92. The number of nitrogens with two attached hydrogens (primary N) is 1. The summed E-state index contributed by atoms with van der Waals surface area (Å²) in [5.41, 5.74) is 7.00. The Hall–Kier alpha value is -1.55. The number of rotatable bonds is 10. The molecule has 0 radical (unpaired) electrons. The van der Waals surface area contributed by atoms with E-state index in [0.29, 0.717) is 19.6 Å². The summed E-state index contributed by atoms with van der Waals surface area (Å²) in [5, 5.41) is 0. The van der Waals surface area contributed by atoms with Crippen molar-refractivity contribution in [2.75, 3.05) is 26.2 Å². The standard InChI is InChI=1S/C18H30N2O2/c1-4-11-20(12-5-2)18(21)13-16(14-19)15-7-9-17(10-8-15)22-6-3/h7-10,16H,4-6,11-14,19H2,1-3H3. The molecule has 0 spiro atoms. The predicted molar refractivity (Wildman–Crippen MR) is 91.2 cm³/mol. The molecule has 0 fully saturated rings. The van der Waals surface area contributed by atoms with Gasteiger partial charge in [-0.15, -0.1) is 0 Å². The van der Waals surface area contributed by atoms with Gasteiger partial charge in [0, 0.05) is 25.4 Å². The van der Waals surface area contributed by atoms with Crippen molar-refractivity contribution in [3.8, 4) is 5.75 Å². The molecule has 0 heterocycles. The third-order valence-corrected chi connectivity index (χ3v) is 3.71. The SMILES string of the molecule is CCCN(CCC)C(=O)CC(CN)c1ccc(OCC)cc1. The Morgan fingerprint density at radius 1 is 1.14 bits per heavy atom. The molecule has 0 bridgehead atoms. The molecule has 4 nitrogen and oxygen atoms in total. The second kappa shape index (κ2) is 10.2. The summed E-state index contributed by atoms with van der Waals surface area (Å²) < 4.78 is 5.45. The van der Waals surface area contributed by atoms with Crippen LogP contribution in [0.2, 0.25) is 0 Å². The number of ether oxygens (including phenoxy) is 1. The van der Waals surface area contributed by atoms with Gasteiger partial charge in [-0.3, -0.25) is 4.79 Å². The van der Waals surface area contributed by atoms with Gasteiger partial charge in [0.15, 0.2) is 0 Å². The lowest BCUT2D eigenvalue weighted by Gasteiger charge is -2.24. The van der Waals surface area contributed by atoms with Gasteiger partial charge in [-0.25, -0.2) is 0 Å². The molecule has 0 aromatic heterocycles. The number of carbonyl (C=O) groups is 1. The van der Waals surface area contributed by atoms with Gasteiger partial charge in [-0.2, -0.15) is 0 Å². The minimum Gasteiger partial charge on any atom is -0.494 e. The number of hydrogen-bond donors (Lipinski definition) is 1. The molecule has 1 unspecified atom stereocenters. The summed E-state index contributed by atoms with van der Waals surface area (Å²) in [4.78, 5) is 14.4. The molecule has 0 aliphatic rings. The fourth-order valence-electron chi connectivity index (χ4n) is 2.58. The van der Waals surface area contributed by atoms with Crippen LogP contribution in [0.4, 0.5) is 0 Å². The molecule has 0 aliphatic heterocycles. The van der Waals surface area contributed by atoms with Gasteiger partial charge in [-0.05, 0) is 44.0 Å². The van der Waals surface area contributed by atoms with Crippen molar-refractivity contribution in [3.05, 3.63) is 29.8 Å². The number of amides is 1. The van der Waals surface area contributed by atoms with Crippen LogP contribution < -0.4 is 10.5 Å². The summed E-state index contributed by atoms with van der Waals surface area (Å²) in [7, 11) is 0. The van der Waals surface area contributed by atoms with Gasteiger partial charge in [-0.1, -0.05) is 26.0 Å². The number of nitrogens with zero attached hydrogens (tertiary/aromatic N) is 1. The van der Waals surface area contributed by atoms with E-state index in [1.165, 1.54) is 0 Å². The normalized spacial score (nSPS) is 12.0. The van der Waals surface area contributed by atoms with Crippen LogP contribution in [0, 0.1) is 0 Å². The van der Waals surface area contributed by atoms with E-state index in [4.69, 9.17) is 10.5 Å². The quantitative estimate of drug-likeness (QED) is 0.722. The van der Waals surface area contributed by atoms with Crippen molar-refractivity contribution < 1.29 is 9.53 Å². The van der Waals surface area contributed by atoms with Crippen LogP contribution in [0.5, 0.6) is 5.75 Å². The van der Waals surface area contributed by atoms with Crippen LogP contribution >= 0.6 is 0 Å². The summed E-state index contributed by atoms with van der Waals surface area (Å²) in [6.07, 6.45) is 2.45. The average molecular weight is 306 g/mol. The Bertz CT molecular complexity index is 425. The van der Waals surface area contributed by atoms with Crippen LogP contribution in [-0.4, -0.2) is 37.0 Å². The van der Waals surface area contributed by atoms with Crippen LogP contribution in [0.15, 0.2) is 24.3 Å². The molecular weight excluding hydrogens is 276 g/mol. The lowest BCUT2D eigenvalue weighted by atomic mass is 9.95. The number of carbonyl (C=O) groups excluding carboxylic acids is 1. The molecule has 0 saturated carbocycles. The van der Waals surface area contributed by atoms with Gasteiger partial charge in [0.25, 0.3) is 0 Å². The van der Waals surface area contributed by atoms with Gasteiger partial charge >= 0.3 is 0 Å². The average Bonchev–Trinajstić information content (AvgIpc) is 2.53. The van der Waals surface area contributed by atoms with Crippen LogP contribution in [0.1, 0.15) is 51.5 Å². The summed E-state index contributed by atoms with van der Waals surface area (Å²) >= 11 is 0. The molecular formula is C18H30N2O2. The van der Waals surface area contributed by atoms with Gasteiger partial charge in [0.05, 0.1) is 6.61 Å². The molecule has 2 N–H and O–H groups in total.